The number of hydrogen-bond donors (Lipinski definition) is 4. The van der Waals surface area contributed by atoms with Gasteiger partial charge < -0.3 is 16.0 Å². The lowest BCUT2D eigenvalue weighted by atomic mass is 10.1. The summed E-state index contributed by atoms with van der Waals surface area (Å²) in [6, 6.07) is 4.66. The van der Waals surface area contributed by atoms with Crippen LogP contribution in [0.4, 0.5) is 11.4 Å². The van der Waals surface area contributed by atoms with E-state index in [1.54, 1.807) is 0 Å². The maximum Gasteiger partial charge on any atom is 0.253 e. The van der Waals surface area contributed by atoms with Crippen LogP contribution in [0.5, 0.6) is 0 Å². The fourth-order valence-corrected chi connectivity index (χ4v) is 3.12. The van der Waals surface area contributed by atoms with Crippen molar-refractivity contribution in [1.82, 2.24) is 10.6 Å². The molecule has 0 saturated carbocycles. The van der Waals surface area contributed by atoms with Gasteiger partial charge in [0.2, 0.25) is 15.9 Å². The van der Waals surface area contributed by atoms with Crippen molar-refractivity contribution in [2.24, 2.45) is 0 Å². The smallest absolute Gasteiger partial charge is 0.253 e. The van der Waals surface area contributed by atoms with Gasteiger partial charge in [0, 0.05) is 25.2 Å². The zero-order valence-corrected chi connectivity index (χ0v) is 14.5. The summed E-state index contributed by atoms with van der Waals surface area (Å²) in [5.74, 6) is -0.678. The van der Waals surface area contributed by atoms with E-state index in [-0.39, 0.29) is 23.2 Å². The summed E-state index contributed by atoms with van der Waals surface area (Å²) in [4.78, 5) is 23.6. The van der Waals surface area contributed by atoms with E-state index in [9.17, 15) is 18.0 Å². The first-order valence-corrected chi connectivity index (χ1v) is 9.55. The Bertz CT molecular complexity index is 727. The molecule has 0 aliphatic carbocycles. The molecule has 2 amide bonds. The van der Waals surface area contributed by atoms with Crippen LogP contribution in [0.3, 0.4) is 0 Å². The highest BCUT2D eigenvalue weighted by molar-refractivity contribution is 7.92. The topological polar surface area (TPSA) is 116 Å². The molecule has 2 rings (SSSR count). The number of rotatable bonds is 6. The highest BCUT2D eigenvalue weighted by Crippen LogP contribution is 2.22. The number of benzene rings is 1. The van der Waals surface area contributed by atoms with Crippen LogP contribution < -0.4 is 20.7 Å². The van der Waals surface area contributed by atoms with Crippen LogP contribution in [0.1, 0.15) is 30.1 Å². The Labute approximate surface area is 141 Å². The van der Waals surface area contributed by atoms with E-state index in [0.29, 0.717) is 12.2 Å². The zero-order valence-electron chi connectivity index (χ0n) is 13.7. The molecule has 0 aromatic heterocycles. The fourth-order valence-electron chi connectivity index (χ4n) is 2.54. The van der Waals surface area contributed by atoms with Gasteiger partial charge in [0.25, 0.3) is 5.91 Å². The molecule has 1 saturated heterocycles. The molecule has 0 spiro atoms. The van der Waals surface area contributed by atoms with Crippen LogP contribution in [0, 0.1) is 0 Å². The standard InChI is InChI=1S/C15H22N4O4S/c1-10(20)18-11-5-6-14(19-24(2,22)23)13(8-11)15(21)17-9-12-4-3-7-16-12/h5-6,8,12,16,19H,3-4,7,9H2,1-2H3,(H,17,21)(H,18,20). The molecule has 1 heterocycles. The van der Waals surface area contributed by atoms with E-state index in [0.717, 1.165) is 25.6 Å². The van der Waals surface area contributed by atoms with E-state index in [2.05, 4.69) is 20.7 Å². The van der Waals surface area contributed by atoms with Gasteiger partial charge in [-0.1, -0.05) is 0 Å². The van der Waals surface area contributed by atoms with Crippen LogP contribution in [-0.4, -0.2) is 45.6 Å². The minimum absolute atomic E-state index is 0.157. The SMILES string of the molecule is CC(=O)Nc1ccc(NS(C)(=O)=O)c(C(=O)NCC2CCCN2)c1. The van der Waals surface area contributed by atoms with Crippen molar-refractivity contribution >= 4 is 33.2 Å². The van der Waals surface area contributed by atoms with Crippen LogP contribution in [0.15, 0.2) is 18.2 Å². The average Bonchev–Trinajstić information content (AvgIpc) is 2.97. The van der Waals surface area contributed by atoms with Gasteiger partial charge in [0.1, 0.15) is 0 Å². The van der Waals surface area contributed by atoms with Crippen LogP contribution in [0.2, 0.25) is 0 Å². The van der Waals surface area contributed by atoms with Gasteiger partial charge in [-0.25, -0.2) is 8.42 Å². The summed E-state index contributed by atoms with van der Waals surface area (Å²) < 4.78 is 25.3. The summed E-state index contributed by atoms with van der Waals surface area (Å²) in [6.45, 7) is 2.75. The predicted octanol–water partition coefficient (Wildman–Crippen LogP) is 0.498. The van der Waals surface area contributed by atoms with E-state index in [1.807, 2.05) is 0 Å². The number of carbonyl (C=O) groups is 2. The minimum Gasteiger partial charge on any atom is -0.350 e. The summed E-state index contributed by atoms with van der Waals surface area (Å²) in [5.41, 5.74) is 0.749. The number of nitrogens with one attached hydrogen (secondary N) is 4. The summed E-state index contributed by atoms with van der Waals surface area (Å²) in [7, 11) is -3.53. The Kier molecular flexibility index (Phi) is 5.79. The predicted molar refractivity (Wildman–Crippen MR) is 92.6 cm³/mol. The fraction of sp³-hybridized carbons (Fsp3) is 0.467. The van der Waals surface area contributed by atoms with Gasteiger partial charge in [-0.3, -0.25) is 14.3 Å². The molecular formula is C15H22N4O4S. The average molecular weight is 354 g/mol. The Hall–Kier alpha value is -2.13. The van der Waals surface area contributed by atoms with Crippen LogP contribution in [-0.2, 0) is 14.8 Å². The van der Waals surface area contributed by atoms with Crippen molar-refractivity contribution < 1.29 is 18.0 Å². The molecule has 8 nitrogen and oxygen atoms in total. The summed E-state index contributed by atoms with van der Waals surface area (Å²) in [6.07, 6.45) is 3.07. The number of amides is 2. The second kappa shape index (κ2) is 7.63. The highest BCUT2D eigenvalue weighted by atomic mass is 32.2. The van der Waals surface area contributed by atoms with Gasteiger partial charge in [-0.05, 0) is 37.6 Å². The molecule has 4 N–H and O–H groups in total. The zero-order chi connectivity index (χ0) is 17.7. The molecule has 9 heteroatoms. The molecule has 0 radical (unpaired) electrons. The van der Waals surface area contributed by atoms with Gasteiger partial charge in [0.15, 0.2) is 0 Å². The third kappa shape index (κ3) is 5.50. The first kappa shape index (κ1) is 18.2. The van der Waals surface area contributed by atoms with Crippen molar-refractivity contribution in [3.63, 3.8) is 0 Å². The first-order chi connectivity index (χ1) is 11.2. The Morgan fingerprint density at radius 1 is 1.33 bits per heavy atom. The quantitative estimate of drug-likeness (QED) is 0.593. The van der Waals surface area contributed by atoms with Crippen molar-refractivity contribution in [1.29, 1.82) is 0 Å². The Morgan fingerprint density at radius 2 is 2.08 bits per heavy atom. The molecule has 1 aliphatic rings. The maximum absolute atomic E-state index is 12.5. The minimum atomic E-state index is -3.53. The first-order valence-electron chi connectivity index (χ1n) is 7.65. The van der Waals surface area contributed by atoms with Crippen molar-refractivity contribution in [3.8, 4) is 0 Å². The van der Waals surface area contributed by atoms with Crippen LogP contribution in [0.25, 0.3) is 0 Å². The van der Waals surface area contributed by atoms with E-state index in [1.165, 1.54) is 25.1 Å². The molecular weight excluding hydrogens is 332 g/mol. The molecule has 1 fully saturated rings. The molecule has 132 valence electrons. The summed E-state index contributed by atoms with van der Waals surface area (Å²) in [5, 5.41) is 8.65. The highest BCUT2D eigenvalue weighted by Gasteiger charge is 2.18. The third-order valence-corrected chi connectivity index (χ3v) is 4.14. The van der Waals surface area contributed by atoms with E-state index < -0.39 is 15.9 Å². The van der Waals surface area contributed by atoms with Crippen molar-refractivity contribution in [3.05, 3.63) is 23.8 Å². The molecule has 24 heavy (non-hydrogen) atoms. The number of hydrogen-bond acceptors (Lipinski definition) is 5. The molecule has 1 aliphatic heterocycles. The molecule has 0 bridgehead atoms. The number of carbonyl (C=O) groups excluding carboxylic acids is 2. The lowest BCUT2D eigenvalue weighted by Gasteiger charge is -2.15. The van der Waals surface area contributed by atoms with Crippen molar-refractivity contribution in [2.75, 3.05) is 29.4 Å². The normalized spacial score (nSPS) is 17.3. The van der Waals surface area contributed by atoms with Crippen LogP contribution >= 0.6 is 0 Å². The molecule has 1 aromatic rings. The van der Waals surface area contributed by atoms with Gasteiger partial charge in [0.05, 0.1) is 17.5 Å². The van der Waals surface area contributed by atoms with Gasteiger partial charge in [-0.15, -0.1) is 0 Å². The Morgan fingerprint density at radius 3 is 2.67 bits per heavy atom. The second-order valence-corrected chi connectivity index (χ2v) is 7.57. The largest absolute Gasteiger partial charge is 0.350 e. The maximum atomic E-state index is 12.5. The van der Waals surface area contributed by atoms with Gasteiger partial charge >= 0.3 is 0 Å². The molecule has 1 aromatic carbocycles. The lowest BCUT2D eigenvalue weighted by molar-refractivity contribution is -0.114. The van der Waals surface area contributed by atoms with Crippen molar-refractivity contribution in [2.45, 2.75) is 25.8 Å². The molecule has 1 atom stereocenters. The Balaban J connectivity index is 2.20. The second-order valence-electron chi connectivity index (χ2n) is 5.82. The lowest BCUT2D eigenvalue weighted by Crippen LogP contribution is -2.37. The van der Waals surface area contributed by atoms with E-state index >= 15 is 0 Å². The number of anilines is 2. The monoisotopic (exact) mass is 354 g/mol. The third-order valence-electron chi connectivity index (χ3n) is 3.55. The summed E-state index contributed by atoms with van der Waals surface area (Å²) >= 11 is 0. The molecule has 1 unspecified atom stereocenters. The van der Waals surface area contributed by atoms with Gasteiger partial charge in [-0.2, -0.15) is 0 Å². The van der Waals surface area contributed by atoms with E-state index in [4.69, 9.17) is 0 Å². The number of sulfonamides is 1.